The average molecular weight is 511 g/mol. The smallest absolute Gasteiger partial charge is 0.268 e. The first kappa shape index (κ1) is 24.6. The lowest BCUT2D eigenvalue weighted by molar-refractivity contribution is 0.0911. The number of hydrogen-bond donors (Lipinski definition) is 4. The molecule has 4 rings (SSSR count). The lowest BCUT2D eigenvalue weighted by Gasteiger charge is -2.16. The molecule has 9 heteroatoms. The molecule has 0 saturated heterocycles. The molecular formula is C26H24Cl2N4O3. The van der Waals surface area contributed by atoms with E-state index < -0.39 is 6.04 Å². The maximum atomic E-state index is 12.8. The van der Waals surface area contributed by atoms with E-state index in [1.54, 1.807) is 49.8 Å². The van der Waals surface area contributed by atoms with Crippen molar-refractivity contribution in [2.24, 2.45) is 0 Å². The Morgan fingerprint density at radius 2 is 1.94 bits per heavy atom. The number of benzene rings is 2. The predicted octanol–water partition coefficient (Wildman–Crippen LogP) is 5.47. The van der Waals surface area contributed by atoms with Gasteiger partial charge in [0, 0.05) is 35.1 Å². The van der Waals surface area contributed by atoms with Crippen molar-refractivity contribution < 1.29 is 14.6 Å². The van der Waals surface area contributed by atoms with E-state index in [9.17, 15) is 9.90 Å². The van der Waals surface area contributed by atoms with Crippen LogP contribution in [0.4, 0.5) is 5.82 Å². The second kappa shape index (κ2) is 11.3. The van der Waals surface area contributed by atoms with E-state index in [1.807, 2.05) is 30.3 Å². The summed E-state index contributed by atoms with van der Waals surface area (Å²) in [4.78, 5) is 20.2. The van der Waals surface area contributed by atoms with Crippen LogP contribution < -0.4 is 15.4 Å². The fourth-order valence-corrected chi connectivity index (χ4v) is 3.98. The summed E-state index contributed by atoms with van der Waals surface area (Å²) < 4.78 is 5.19. The molecule has 1 amide bonds. The molecular weight excluding hydrogens is 487 g/mol. The number of hydrogen-bond acceptors (Lipinski definition) is 5. The molecule has 2 heterocycles. The Kier molecular flexibility index (Phi) is 7.92. The van der Waals surface area contributed by atoms with E-state index in [2.05, 4.69) is 20.6 Å². The molecule has 0 aliphatic carbocycles. The monoisotopic (exact) mass is 510 g/mol. The number of H-pyrrole nitrogens is 1. The SMILES string of the molecule is COc1ccc(CNc2cc(-c3c[nH]c(C(=O)N[C@H](CO)c4cccc(Cl)c4)c3)c(Cl)cn2)cc1. The number of aliphatic hydroxyl groups is 1. The van der Waals surface area contributed by atoms with E-state index in [-0.39, 0.29) is 12.5 Å². The van der Waals surface area contributed by atoms with E-state index >= 15 is 0 Å². The zero-order valence-corrected chi connectivity index (χ0v) is 20.4. The maximum absolute atomic E-state index is 12.8. The third-order valence-corrected chi connectivity index (χ3v) is 6.00. The van der Waals surface area contributed by atoms with Gasteiger partial charge in [0.05, 0.1) is 24.8 Å². The lowest BCUT2D eigenvalue weighted by Crippen LogP contribution is -2.31. The molecule has 4 N–H and O–H groups in total. The van der Waals surface area contributed by atoms with Crippen molar-refractivity contribution in [3.05, 3.63) is 99.9 Å². The zero-order valence-electron chi connectivity index (χ0n) is 18.9. The first-order valence-electron chi connectivity index (χ1n) is 10.8. The van der Waals surface area contributed by atoms with Gasteiger partial charge in [0.15, 0.2) is 0 Å². The summed E-state index contributed by atoms with van der Waals surface area (Å²) in [5, 5.41) is 16.9. The summed E-state index contributed by atoms with van der Waals surface area (Å²) in [6.07, 6.45) is 3.28. The summed E-state index contributed by atoms with van der Waals surface area (Å²) in [7, 11) is 1.63. The molecule has 0 unspecified atom stereocenters. The van der Waals surface area contributed by atoms with Gasteiger partial charge < -0.3 is 25.5 Å². The van der Waals surface area contributed by atoms with Gasteiger partial charge in [0.2, 0.25) is 0 Å². The summed E-state index contributed by atoms with van der Waals surface area (Å²) in [6, 6.07) is 17.7. The topological polar surface area (TPSA) is 99.3 Å². The normalized spacial score (nSPS) is 11.7. The molecule has 7 nitrogen and oxygen atoms in total. The van der Waals surface area contributed by atoms with E-state index in [4.69, 9.17) is 27.9 Å². The number of ether oxygens (including phenoxy) is 1. The highest BCUT2D eigenvalue weighted by atomic mass is 35.5. The van der Waals surface area contributed by atoms with Gasteiger partial charge in [-0.05, 0) is 47.5 Å². The quantitative estimate of drug-likeness (QED) is 0.239. The Hall–Kier alpha value is -3.52. The van der Waals surface area contributed by atoms with Crippen molar-refractivity contribution in [1.82, 2.24) is 15.3 Å². The summed E-state index contributed by atoms with van der Waals surface area (Å²) in [5.41, 5.74) is 3.58. The first-order chi connectivity index (χ1) is 17.0. The predicted molar refractivity (Wildman–Crippen MR) is 138 cm³/mol. The van der Waals surface area contributed by atoms with Crippen LogP contribution in [0.5, 0.6) is 5.75 Å². The molecule has 0 bridgehead atoms. The van der Waals surface area contributed by atoms with Gasteiger partial charge in [-0.1, -0.05) is 47.5 Å². The van der Waals surface area contributed by atoms with Crippen LogP contribution in [0.15, 0.2) is 73.1 Å². The van der Waals surface area contributed by atoms with Gasteiger partial charge in [0.25, 0.3) is 5.91 Å². The molecule has 0 radical (unpaired) electrons. The summed E-state index contributed by atoms with van der Waals surface area (Å²) >= 11 is 12.4. The van der Waals surface area contributed by atoms with Crippen LogP contribution in [0.3, 0.4) is 0 Å². The Bertz CT molecular complexity index is 1310. The third-order valence-electron chi connectivity index (χ3n) is 5.47. The van der Waals surface area contributed by atoms with Gasteiger partial charge in [-0.15, -0.1) is 0 Å². The molecule has 0 aliphatic rings. The highest BCUT2D eigenvalue weighted by Crippen LogP contribution is 2.30. The van der Waals surface area contributed by atoms with Crippen molar-refractivity contribution >= 4 is 34.9 Å². The van der Waals surface area contributed by atoms with E-state index in [0.717, 1.165) is 22.4 Å². The first-order valence-corrected chi connectivity index (χ1v) is 11.6. The fourth-order valence-electron chi connectivity index (χ4n) is 3.57. The van der Waals surface area contributed by atoms with Crippen LogP contribution in [0.2, 0.25) is 10.0 Å². The van der Waals surface area contributed by atoms with Gasteiger partial charge in [-0.25, -0.2) is 4.98 Å². The number of aromatic nitrogens is 2. The number of amides is 1. The van der Waals surface area contributed by atoms with Crippen LogP contribution in [-0.4, -0.2) is 34.7 Å². The van der Waals surface area contributed by atoms with Crippen LogP contribution in [0, 0.1) is 0 Å². The number of aromatic amines is 1. The number of carbonyl (C=O) groups is 1. The molecule has 0 fully saturated rings. The molecule has 0 aliphatic heterocycles. The average Bonchev–Trinajstić information content (AvgIpc) is 3.37. The number of aliphatic hydroxyl groups excluding tert-OH is 1. The van der Waals surface area contributed by atoms with Crippen molar-refractivity contribution in [2.45, 2.75) is 12.6 Å². The highest BCUT2D eigenvalue weighted by molar-refractivity contribution is 6.33. The van der Waals surface area contributed by atoms with Gasteiger partial charge in [-0.2, -0.15) is 0 Å². The molecule has 180 valence electrons. The van der Waals surface area contributed by atoms with Crippen LogP contribution in [0.1, 0.15) is 27.7 Å². The number of methoxy groups -OCH3 is 1. The van der Waals surface area contributed by atoms with Gasteiger partial charge >= 0.3 is 0 Å². The van der Waals surface area contributed by atoms with Crippen molar-refractivity contribution in [1.29, 1.82) is 0 Å². The number of nitrogens with zero attached hydrogens (tertiary/aromatic N) is 1. The number of halogens is 2. The second-order valence-electron chi connectivity index (χ2n) is 7.82. The largest absolute Gasteiger partial charge is 0.497 e. The Labute approximate surface area is 213 Å². The molecule has 2 aromatic carbocycles. The standard InChI is InChI=1S/C26H24Cl2N4O3/c1-35-20-7-5-16(6-8-20)12-30-25-11-21(22(28)14-31-25)18-10-23(29-13-18)26(34)32-24(15-33)17-3-2-4-19(27)9-17/h2-11,13-14,24,29,33H,12,15H2,1H3,(H,30,31)(H,32,34)/t24-/m1/s1. The van der Waals surface area contributed by atoms with Gasteiger partial charge in [-0.3, -0.25) is 4.79 Å². The van der Waals surface area contributed by atoms with Crippen molar-refractivity contribution in [3.63, 3.8) is 0 Å². The van der Waals surface area contributed by atoms with E-state index in [0.29, 0.717) is 33.7 Å². The Morgan fingerprint density at radius 1 is 1.14 bits per heavy atom. The molecule has 1 atom stereocenters. The number of anilines is 1. The summed E-state index contributed by atoms with van der Waals surface area (Å²) in [5.74, 6) is 1.08. The Balaban J connectivity index is 1.46. The highest BCUT2D eigenvalue weighted by Gasteiger charge is 2.18. The number of rotatable bonds is 9. The molecule has 0 spiro atoms. The van der Waals surface area contributed by atoms with Crippen LogP contribution >= 0.6 is 23.2 Å². The number of pyridine rings is 1. The minimum absolute atomic E-state index is 0.265. The minimum Gasteiger partial charge on any atom is -0.497 e. The molecule has 2 aromatic heterocycles. The number of carbonyl (C=O) groups excluding carboxylic acids is 1. The molecule has 0 saturated carbocycles. The second-order valence-corrected chi connectivity index (χ2v) is 8.66. The molecule has 35 heavy (non-hydrogen) atoms. The third kappa shape index (κ3) is 6.14. The van der Waals surface area contributed by atoms with Crippen LogP contribution in [-0.2, 0) is 6.54 Å². The fraction of sp³-hybridized carbons (Fsp3) is 0.154. The van der Waals surface area contributed by atoms with Crippen molar-refractivity contribution in [2.75, 3.05) is 19.0 Å². The molecule has 4 aromatic rings. The lowest BCUT2D eigenvalue weighted by atomic mass is 10.1. The minimum atomic E-state index is -0.591. The Morgan fingerprint density at radius 3 is 2.66 bits per heavy atom. The van der Waals surface area contributed by atoms with Crippen LogP contribution in [0.25, 0.3) is 11.1 Å². The zero-order chi connectivity index (χ0) is 24.8. The maximum Gasteiger partial charge on any atom is 0.268 e. The van der Waals surface area contributed by atoms with Crippen molar-refractivity contribution in [3.8, 4) is 16.9 Å². The number of nitrogens with one attached hydrogen (secondary N) is 3. The van der Waals surface area contributed by atoms with E-state index in [1.165, 1.54) is 0 Å². The van der Waals surface area contributed by atoms with Gasteiger partial charge in [0.1, 0.15) is 17.3 Å². The summed E-state index contributed by atoms with van der Waals surface area (Å²) in [6.45, 7) is 0.309.